The Morgan fingerprint density at radius 2 is 2.33 bits per heavy atom. The fourth-order valence-corrected chi connectivity index (χ4v) is 3.25. The first-order chi connectivity index (χ1) is 11.7. The van der Waals surface area contributed by atoms with Gasteiger partial charge in [-0.25, -0.2) is 0 Å². The van der Waals surface area contributed by atoms with Crippen molar-refractivity contribution in [2.45, 2.75) is 30.5 Å². The Balaban J connectivity index is 1.72. The normalized spacial score (nSPS) is 13.5. The number of hydrogen-bond donors (Lipinski definition) is 0. The Kier molecular flexibility index (Phi) is 5.11. The number of carbonyl (C=O) groups excluding carboxylic acids is 1. The molecular weight excluding hydrogens is 324 g/mol. The Morgan fingerprint density at radius 3 is 3.00 bits per heavy atom. The number of carbonyl (C=O) groups is 1. The molecule has 0 saturated heterocycles. The van der Waals surface area contributed by atoms with Gasteiger partial charge >= 0.3 is 0 Å². The van der Waals surface area contributed by atoms with Gasteiger partial charge in [-0.2, -0.15) is 5.26 Å². The van der Waals surface area contributed by atoms with Crippen LogP contribution < -0.4 is 0 Å². The number of hydrogen-bond acceptors (Lipinski definition) is 6. The van der Waals surface area contributed by atoms with Gasteiger partial charge in [0.05, 0.1) is 18.2 Å². The van der Waals surface area contributed by atoms with Gasteiger partial charge in [0.25, 0.3) is 0 Å². The average Bonchev–Trinajstić information content (AvgIpc) is 3.37. The molecule has 1 fully saturated rings. The van der Waals surface area contributed by atoms with E-state index in [0.29, 0.717) is 24.8 Å². The lowest BCUT2D eigenvalue weighted by atomic mass is 10.3. The van der Waals surface area contributed by atoms with Gasteiger partial charge in [-0.05, 0) is 25.0 Å². The van der Waals surface area contributed by atoms with E-state index in [1.165, 1.54) is 11.8 Å². The van der Waals surface area contributed by atoms with E-state index < -0.39 is 0 Å². The quantitative estimate of drug-likeness (QED) is 0.716. The molecule has 8 heteroatoms. The molecule has 1 aliphatic carbocycles. The van der Waals surface area contributed by atoms with Crippen LogP contribution in [0.15, 0.2) is 29.7 Å². The molecule has 1 amide bonds. The van der Waals surface area contributed by atoms with Gasteiger partial charge in [0.2, 0.25) is 5.91 Å². The fourth-order valence-electron chi connectivity index (χ4n) is 2.31. The topological polar surface area (TPSA) is 87.7 Å². The van der Waals surface area contributed by atoms with E-state index >= 15 is 0 Å². The molecule has 2 aromatic rings. The van der Waals surface area contributed by atoms with Crippen molar-refractivity contribution in [2.75, 3.05) is 19.3 Å². The lowest BCUT2D eigenvalue weighted by Crippen LogP contribution is -2.29. The van der Waals surface area contributed by atoms with E-state index in [2.05, 4.69) is 19.7 Å². The molecule has 0 aromatic carbocycles. The number of rotatable bonds is 7. The van der Waals surface area contributed by atoms with Crippen LogP contribution in [0.3, 0.4) is 0 Å². The minimum absolute atomic E-state index is 0.0106. The van der Waals surface area contributed by atoms with Gasteiger partial charge < -0.3 is 4.90 Å². The van der Waals surface area contributed by atoms with E-state index in [1.54, 1.807) is 24.3 Å². The van der Waals surface area contributed by atoms with Crippen LogP contribution in [-0.2, 0) is 4.79 Å². The summed E-state index contributed by atoms with van der Waals surface area (Å²) in [6, 6.07) is 6.29. The van der Waals surface area contributed by atoms with Crippen molar-refractivity contribution in [3.05, 3.63) is 24.5 Å². The third-order valence-corrected chi connectivity index (χ3v) is 4.73. The van der Waals surface area contributed by atoms with Crippen molar-refractivity contribution < 1.29 is 4.79 Å². The molecule has 0 atom stereocenters. The molecule has 0 bridgehead atoms. The van der Waals surface area contributed by atoms with Gasteiger partial charge in [-0.3, -0.25) is 14.3 Å². The maximum atomic E-state index is 12.1. The fraction of sp³-hybridized carbons (Fsp3) is 0.438. The van der Waals surface area contributed by atoms with Gasteiger partial charge in [0, 0.05) is 37.6 Å². The summed E-state index contributed by atoms with van der Waals surface area (Å²) < 4.78 is 2.12. The van der Waals surface area contributed by atoms with Crippen LogP contribution in [-0.4, -0.2) is 49.9 Å². The Morgan fingerprint density at radius 1 is 1.50 bits per heavy atom. The van der Waals surface area contributed by atoms with Crippen LogP contribution in [0.25, 0.3) is 11.4 Å². The zero-order valence-corrected chi connectivity index (χ0v) is 14.2. The van der Waals surface area contributed by atoms with Crippen LogP contribution in [0.5, 0.6) is 0 Å². The molecule has 2 heterocycles. The monoisotopic (exact) mass is 342 g/mol. The summed E-state index contributed by atoms with van der Waals surface area (Å²) in [7, 11) is 1.72. The number of amides is 1. The maximum absolute atomic E-state index is 12.1. The van der Waals surface area contributed by atoms with Crippen molar-refractivity contribution in [1.82, 2.24) is 24.6 Å². The Labute approximate surface area is 144 Å². The van der Waals surface area contributed by atoms with E-state index in [1.807, 2.05) is 18.2 Å². The molecule has 0 spiro atoms. The summed E-state index contributed by atoms with van der Waals surface area (Å²) in [5, 5.41) is 17.9. The third kappa shape index (κ3) is 3.74. The largest absolute Gasteiger partial charge is 0.344 e. The van der Waals surface area contributed by atoms with Crippen LogP contribution in [0, 0.1) is 11.3 Å². The highest BCUT2D eigenvalue weighted by Crippen LogP contribution is 2.40. The average molecular weight is 342 g/mol. The minimum atomic E-state index is -0.0106. The first-order valence-corrected chi connectivity index (χ1v) is 8.78. The predicted octanol–water partition coefficient (Wildman–Crippen LogP) is 2.14. The molecule has 124 valence electrons. The Bertz CT molecular complexity index is 750. The SMILES string of the molecule is CN(CCC#N)C(=O)CSc1nnc(-c2cccnc2)n1C1CC1. The Hall–Kier alpha value is -2.40. The number of thioether (sulfide) groups is 1. The van der Waals surface area contributed by atoms with Gasteiger partial charge in [-0.15, -0.1) is 10.2 Å². The number of nitriles is 1. The second kappa shape index (κ2) is 7.45. The van der Waals surface area contributed by atoms with Crippen molar-refractivity contribution in [2.24, 2.45) is 0 Å². The molecule has 1 aliphatic rings. The predicted molar refractivity (Wildman–Crippen MR) is 90.1 cm³/mol. The molecule has 0 N–H and O–H groups in total. The van der Waals surface area contributed by atoms with E-state index in [9.17, 15) is 4.79 Å². The number of aromatic nitrogens is 4. The third-order valence-electron chi connectivity index (χ3n) is 3.81. The van der Waals surface area contributed by atoms with Crippen molar-refractivity contribution in [3.8, 4) is 17.5 Å². The molecule has 0 unspecified atom stereocenters. The molecule has 0 aliphatic heterocycles. The summed E-state index contributed by atoms with van der Waals surface area (Å²) in [6.07, 6.45) is 6.06. The summed E-state index contributed by atoms with van der Waals surface area (Å²) in [5.41, 5.74) is 0.932. The first kappa shape index (κ1) is 16.5. The zero-order chi connectivity index (χ0) is 16.9. The van der Waals surface area contributed by atoms with E-state index in [4.69, 9.17) is 5.26 Å². The molecule has 0 radical (unpaired) electrons. The number of pyridine rings is 1. The van der Waals surface area contributed by atoms with Crippen molar-refractivity contribution in [3.63, 3.8) is 0 Å². The maximum Gasteiger partial charge on any atom is 0.232 e. The summed E-state index contributed by atoms with van der Waals surface area (Å²) in [6.45, 7) is 0.451. The first-order valence-electron chi connectivity index (χ1n) is 7.79. The molecule has 1 saturated carbocycles. The summed E-state index contributed by atoms with van der Waals surface area (Å²) in [5.74, 6) is 1.08. The van der Waals surface area contributed by atoms with Crippen LogP contribution in [0.2, 0.25) is 0 Å². The lowest BCUT2D eigenvalue weighted by molar-refractivity contribution is -0.127. The zero-order valence-electron chi connectivity index (χ0n) is 13.4. The summed E-state index contributed by atoms with van der Waals surface area (Å²) >= 11 is 1.40. The lowest BCUT2D eigenvalue weighted by Gasteiger charge is -2.15. The molecule has 7 nitrogen and oxygen atoms in total. The highest BCUT2D eigenvalue weighted by molar-refractivity contribution is 7.99. The van der Waals surface area contributed by atoms with Gasteiger partial charge in [-0.1, -0.05) is 11.8 Å². The second-order valence-electron chi connectivity index (χ2n) is 5.66. The van der Waals surface area contributed by atoms with Gasteiger partial charge in [0.1, 0.15) is 0 Å². The molecule has 3 rings (SSSR count). The van der Waals surface area contributed by atoms with Gasteiger partial charge in [0.15, 0.2) is 11.0 Å². The highest BCUT2D eigenvalue weighted by atomic mass is 32.2. The van der Waals surface area contributed by atoms with Crippen molar-refractivity contribution >= 4 is 17.7 Å². The number of nitrogens with zero attached hydrogens (tertiary/aromatic N) is 6. The summed E-state index contributed by atoms with van der Waals surface area (Å²) in [4.78, 5) is 17.8. The standard InChI is InChI=1S/C16H18N6OS/c1-21(9-3-7-17)14(23)11-24-16-20-19-15(22(16)13-5-6-13)12-4-2-8-18-10-12/h2,4,8,10,13H,3,5-6,9,11H2,1H3. The minimum Gasteiger partial charge on any atom is -0.344 e. The molecule has 2 aromatic heterocycles. The van der Waals surface area contributed by atoms with Crippen LogP contribution in [0.1, 0.15) is 25.3 Å². The van der Waals surface area contributed by atoms with E-state index in [-0.39, 0.29) is 5.91 Å². The van der Waals surface area contributed by atoms with Crippen LogP contribution >= 0.6 is 11.8 Å². The smallest absolute Gasteiger partial charge is 0.232 e. The van der Waals surface area contributed by atoms with E-state index in [0.717, 1.165) is 29.4 Å². The van der Waals surface area contributed by atoms with Crippen molar-refractivity contribution in [1.29, 1.82) is 5.26 Å². The second-order valence-corrected chi connectivity index (χ2v) is 6.60. The van der Waals surface area contributed by atoms with Crippen LogP contribution in [0.4, 0.5) is 0 Å². The molecule has 24 heavy (non-hydrogen) atoms. The highest BCUT2D eigenvalue weighted by Gasteiger charge is 2.30. The molecular formula is C16H18N6OS.